The molecule has 134 valence electrons. The maximum Gasteiger partial charge on any atom is 0.122 e. The lowest BCUT2D eigenvalue weighted by Gasteiger charge is -2.14. The molecule has 0 fully saturated rings. The summed E-state index contributed by atoms with van der Waals surface area (Å²) in [5.41, 5.74) is 5.77. The Balaban J connectivity index is 1.93. The summed E-state index contributed by atoms with van der Waals surface area (Å²) in [7, 11) is 0. The monoisotopic (exact) mass is 362 g/mol. The lowest BCUT2D eigenvalue weighted by Crippen LogP contribution is -1.98. The fraction of sp³-hybridized carbons (Fsp3) is 0.250. The van der Waals surface area contributed by atoms with Crippen molar-refractivity contribution in [1.82, 2.24) is 0 Å². The summed E-state index contributed by atoms with van der Waals surface area (Å²) in [5, 5.41) is 11.5. The van der Waals surface area contributed by atoms with Gasteiger partial charge in [-0.15, -0.1) is 0 Å². The van der Waals surface area contributed by atoms with Crippen LogP contribution in [0.25, 0.3) is 0 Å². The zero-order chi connectivity index (χ0) is 18.4. The summed E-state index contributed by atoms with van der Waals surface area (Å²) in [6, 6.07) is 25.1. The molecule has 0 aromatic heterocycles. The summed E-state index contributed by atoms with van der Waals surface area (Å²) >= 11 is 1.94. The third-order valence-electron chi connectivity index (χ3n) is 4.39. The number of thioether (sulfide) groups is 1. The van der Waals surface area contributed by atoms with Crippen LogP contribution in [0.1, 0.15) is 41.7 Å². The third-order valence-corrected chi connectivity index (χ3v) is 5.55. The highest BCUT2D eigenvalue weighted by Crippen LogP contribution is 2.31. The molecule has 3 aromatic rings. The van der Waals surface area contributed by atoms with Crippen LogP contribution in [0.5, 0.6) is 5.75 Å². The van der Waals surface area contributed by atoms with Gasteiger partial charge in [0, 0.05) is 18.6 Å². The fourth-order valence-electron chi connectivity index (χ4n) is 3.08. The maximum atomic E-state index is 10.9. The molecule has 3 aromatic carbocycles. The molecule has 0 atom stereocenters. The SMILES string of the molecule is CC(C)SCc1cc(Cc2ccccc2)c(O)c(Cc2ccccc2)c1. The first kappa shape index (κ1) is 18.6. The first-order chi connectivity index (χ1) is 12.6. The number of aromatic hydroxyl groups is 1. The van der Waals surface area contributed by atoms with Crippen LogP contribution in [0, 0.1) is 0 Å². The van der Waals surface area contributed by atoms with Gasteiger partial charge in [0.05, 0.1) is 0 Å². The van der Waals surface area contributed by atoms with Crippen molar-refractivity contribution < 1.29 is 5.11 Å². The van der Waals surface area contributed by atoms with E-state index in [1.807, 2.05) is 23.9 Å². The van der Waals surface area contributed by atoms with Crippen molar-refractivity contribution >= 4 is 11.8 Å². The van der Waals surface area contributed by atoms with Crippen LogP contribution in [0.15, 0.2) is 72.8 Å². The molecular formula is C24H26OS. The van der Waals surface area contributed by atoms with Gasteiger partial charge in [0.15, 0.2) is 0 Å². The van der Waals surface area contributed by atoms with Crippen LogP contribution < -0.4 is 0 Å². The molecule has 3 rings (SSSR count). The van der Waals surface area contributed by atoms with Crippen molar-refractivity contribution in [3.63, 3.8) is 0 Å². The number of rotatable bonds is 7. The van der Waals surface area contributed by atoms with Crippen molar-refractivity contribution in [2.75, 3.05) is 0 Å². The van der Waals surface area contributed by atoms with Crippen LogP contribution in [0.3, 0.4) is 0 Å². The molecule has 1 N–H and O–H groups in total. The highest BCUT2D eigenvalue weighted by atomic mass is 32.2. The molecular weight excluding hydrogens is 336 g/mol. The standard InChI is InChI=1S/C24H26OS/c1-18(2)26-17-21-15-22(13-19-9-5-3-6-10-19)24(25)23(16-21)14-20-11-7-4-8-12-20/h3-12,15-16,18,25H,13-14,17H2,1-2H3. The maximum absolute atomic E-state index is 10.9. The normalized spacial score (nSPS) is 11.0. The second-order valence-corrected chi connectivity index (χ2v) is 8.51. The number of phenolic OH excluding ortho intramolecular Hbond substituents is 1. The van der Waals surface area contributed by atoms with E-state index in [1.54, 1.807) is 0 Å². The Morgan fingerprint density at radius 3 is 1.62 bits per heavy atom. The summed E-state index contributed by atoms with van der Waals surface area (Å²) in [6.07, 6.45) is 1.52. The van der Waals surface area contributed by atoms with Crippen molar-refractivity contribution in [3.8, 4) is 5.75 Å². The fourth-order valence-corrected chi connectivity index (χ4v) is 3.77. The Bertz CT molecular complexity index is 763. The molecule has 0 spiro atoms. The van der Waals surface area contributed by atoms with Crippen molar-refractivity contribution in [2.45, 2.75) is 37.7 Å². The Morgan fingerprint density at radius 1 is 0.731 bits per heavy atom. The van der Waals surface area contributed by atoms with E-state index < -0.39 is 0 Å². The van der Waals surface area contributed by atoms with Gasteiger partial charge < -0.3 is 5.11 Å². The summed E-state index contributed by atoms with van der Waals surface area (Å²) < 4.78 is 0. The second-order valence-electron chi connectivity index (χ2n) is 6.95. The summed E-state index contributed by atoms with van der Waals surface area (Å²) in [6.45, 7) is 4.45. The number of hydrogen-bond donors (Lipinski definition) is 1. The highest BCUT2D eigenvalue weighted by molar-refractivity contribution is 7.99. The van der Waals surface area contributed by atoms with Gasteiger partial charge in [-0.3, -0.25) is 0 Å². The van der Waals surface area contributed by atoms with Crippen LogP contribution in [0.2, 0.25) is 0 Å². The Morgan fingerprint density at radius 2 is 1.19 bits per heavy atom. The zero-order valence-electron chi connectivity index (χ0n) is 15.5. The van der Waals surface area contributed by atoms with Gasteiger partial charge in [-0.2, -0.15) is 11.8 Å². The molecule has 0 unspecified atom stereocenters. The molecule has 0 bridgehead atoms. The quantitative estimate of drug-likeness (QED) is 0.539. The molecule has 0 radical (unpaired) electrons. The van der Waals surface area contributed by atoms with Crippen LogP contribution in [-0.2, 0) is 18.6 Å². The van der Waals surface area contributed by atoms with Crippen LogP contribution in [-0.4, -0.2) is 10.4 Å². The molecule has 2 heteroatoms. The van der Waals surface area contributed by atoms with Crippen LogP contribution >= 0.6 is 11.8 Å². The number of phenols is 1. The van der Waals surface area contributed by atoms with E-state index in [-0.39, 0.29) is 0 Å². The van der Waals surface area contributed by atoms with E-state index in [0.29, 0.717) is 11.0 Å². The van der Waals surface area contributed by atoms with Crippen LogP contribution in [0.4, 0.5) is 0 Å². The minimum Gasteiger partial charge on any atom is -0.507 e. The number of benzene rings is 3. The smallest absolute Gasteiger partial charge is 0.122 e. The molecule has 1 nitrogen and oxygen atoms in total. The van der Waals surface area contributed by atoms with Gasteiger partial charge in [0.25, 0.3) is 0 Å². The Hall–Kier alpha value is -2.19. The van der Waals surface area contributed by atoms with E-state index in [0.717, 1.165) is 29.7 Å². The van der Waals surface area contributed by atoms with E-state index >= 15 is 0 Å². The van der Waals surface area contributed by atoms with Gasteiger partial charge >= 0.3 is 0 Å². The molecule has 0 aliphatic carbocycles. The molecule has 0 amide bonds. The Labute approximate surface area is 161 Å². The zero-order valence-corrected chi connectivity index (χ0v) is 16.3. The third kappa shape index (κ3) is 5.15. The lowest BCUT2D eigenvalue weighted by atomic mass is 9.95. The van der Waals surface area contributed by atoms with E-state index in [2.05, 4.69) is 74.5 Å². The van der Waals surface area contributed by atoms with E-state index in [4.69, 9.17) is 0 Å². The lowest BCUT2D eigenvalue weighted by molar-refractivity contribution is 0.463. The molecule has 0 saturated carbocycles. The summed E-state index contributed by atoms with van der Waals surface area (Å²) in [4.78, 5) is 0. The topological polar surface area (TPSA) is 20.2 Å². The average molecular weight is 363 g/mol. The van der Waals surface area contributed by atoms with Gasteiger partial charge in [-0.05, 0) is 33.1 Å². The molecule has 26 heavy (non-hydrogen) atoms. The van der Waals surface area contributed by atoms with Gasteiger partial charge in [-0.1, -0.05) is 86.6 Å². The van der Waals surface area contributed by atoms with Gasteiger partial charge in [0.2, 0.25) is 0 Å². The molecule has 0 saturated heterocycles. The predicted molar refractivity (Wildman–Crippen MR) is 113 cm³/mol. The van der Waals surface area contributed by atoms with Gasteiger partial charge in [-0.25, -0.2) is 0 Å². The van der Waals surface area contributed by atoms with E-state index in [1.165, 1.54) is 16.7 Å². The molecule has 0 aliphatic heterocycles. The van der Waals surface area contributed by atoms with Crippen molar-refractivity contribution in [2.24, 2.45) is 0 Å². The second kappa shape index (κ2) is 8.95. The average Bonchev–Trinajstić information content (AvgIpc) is 2.65. The molecule has 0 heterocycles. The largest absolute Gasteiger partial charge is 0.507 e. The van der Waals surface area contributed by atoms with Gasteiger partial charge in [0.1, 0.15) is 5.75 Å². The first-order valence-corrected chi connectivity index (χ1v) is 10.2. The minimum absolute atomic E-state index is 0.441. The predicted octanol–water partition coefficient (Wildman–Crippen LogP) is 6.22. The highest BCUT2D eigenvalue weighted by Gasteiger charge is 2.12. The number of hydrogen-bond acceptors (Lipinski definition) is 2. The summed E-state index contributed by atoms with van der Waals surface area (Å²) in [5.74, 6) is 1.41. The first-order valence-electron chi connectivity index (χ1n) is 9.15. The molecule has 0 aliphatic rings. The minimum atomic E-state index is 0.441. The van der Waals surface area contributed by atoms with E-state index in [9.17, 15) is 5.11 Å². The van der Waals surface area contributed by atoms with Crippen molar-refractivity contribution in [3.05, 3.63) is 101 Å². The van der Waals surface area contributed by atoms with Crippen molar-refractivity contribution in [1.29, 1.82) is 0 Å². The Kier molecular flexibility index (Phi) is 6.40.